The van der Waals surface area contributed by atoms with Gasteiger partial charge in [0.1, 0.15) is 5.75 Å². The molecule has 31 heavy (non-hydrogen) atoms. The number of rotatable bonds is 9. The largest absolute Gasteiger partial charge is 0.492 e. The summed E-state index contributed by atoms with van der Waals surface area (Å²) in [7, 11) is 0. The second-order valence-corrected chi connectivity index (χ2v) is 7.77. The molecule has 2 N–H and O–H groups in total. The van der Waals surface area contributed by atoms with E-state index < -0.39 is 0 Å². The number of anilines is 2. The summed E-state index contributed by atoms with van der Waals surface area (Å²) in [5, 5.41) is 5.78. The van der Waals surface area contributed by atoms with E-state index in [0.29, 0.717) is 48.1 Å². The van der Waals surface area contributed by atoms with Crippen molar-refractivity contribution in [1.29, 1.82) is 0 Å². The van der Waals surface area contributed by atoms with Crippen molar-refractivity contribution in [2.75, 3.05) is 17.2 Å². The molecular weight excluding hydrogens is 388 g/mol. The molecule has 0 fully saturated rings. The number of hydrogen-bond acceptors (Lipinski definition) is 3. The van der Waals surface area contributed by atoms with Gasteiger partial charge in [-0.25, -0.2) is 0 Å². The zero-order valence-corrected chi connectivity index (χ0v) is 17.9. The summed E-state index contributed by atoms with van der Waals surface area (Å²) in [5.41, 5.74) is 2.84. The van der Waals surface area contributed by atoms with Crippen LogP contribution in [0.5, 0.6) is 5.75 Å². The quantitative estimate of drug-likeness (QED) is 0.481. The molecule has 3 rings (SSSR count). The van der Waals surface area contributed by atoms with Crippen LogP contribution in [0.3, 0.4) is 0 Å². The van der Waals surface area contributed by atoms with Crippen LogP contribution >= 0.6 is 0 Å². The Hall–Kier alpha value is -3.60. The van der Waals surface area contributed by atoms with Crippen LogP contribution in [0.15, 0.2) is 78.9 Å². The lowest BCUT2D eigenvalue weighted by atomic mass is 10.1. The summed E-state index contributed by atoms with van der Waals surface area (Å²) in [4.78, 5) is 25.1. The van der Waals surface area contributed by atoms with Gasteiger partial charge in [0.05, 0.1) is 12.2 Å². The molecule has 0 heterocycles. The van der Waals surface area contributed by atoms with Gasteiger partial charge in [-0.3, -0.25) is 9.59 Å². The molecule has 0 unspecified atom stereocenters. The number of hydrogen-bond donors (Lipinski definition) is 2. The molecule has 0 radical (unpaired) electrons. The highest BCUT2D eigenvalue weighted by Gasteiger charge is 2.13. The SMILES string of the molecule is CC(C)COc1ccccc1C(=O)Nc1cccc(NC(=O)CCc2ccccc2)c1. The molecule has 5 nitrogen and oxygen atoms in total. The number of carbonyl (C=O) groups excluding carboxylic acids is 2. The van der Waals surface area contributed by atoms with E-state index in [2.05, 4.69) is 24.5 Å². The first-order valence-corrected chi connectivity index (χ1v) is 10.5. The van der Waals surface area contributed by atoms with Gasteiger partial charge >= 0.3 is 0 Å². The zero-order chi connectivity index (χ0) is 22.1. The maximum Gasteiger partial charge on any atom is 0.259 e. The first-order valence-electron chi connectivity index (χ1n) is 10.5. The monoisotopic (exact) mass is 416 g/mol. The number of ether oxygens (including phenoxy) is 1. The number of amides is 2. The lowest BCUT2D eigenvalue weighted by molar-refractivity contribution is -0.116. The topological polar surface area (TPSA) is 67.4 Å². The van der Waals surface area contributed by atoms with E-state index in [4.69, 9.17) is 4.74 Å². The molecule has 3 aromatic rings. The third-order valence-corrected chi connectivity index (χ3v) is 4.59. The van der Waals surface area contributed by atoms with E-state index >= 15 is 0 Å². The van der Waals surface area contributed by atoms with Crippen molar-refractivity contribution >= 4 is 23.2 Å². The Morgan fingerprint density at radius 2 is 1.52 bits per heavy atom. The summed E-state index contributed by atoms with van der Waals surface area (Å²) in [6.07, 6.45) is 1.07. The van der Waals surface area contributed by atoms with E-state index in [-0.39, 0.29) is 11.8 Å². The molecule has 0 bridgehead atoms. The standard InChI is InChI=1S/C26H28N2O3/c1-19(2)18-31-24-14-7-6-13-23(24)26(30)28-22-12-8-11-21(17-22)27-25(29)16-15-20-9-4-3-5-10-20/h3-14,17,19H,15-16,18H2,1-2H3,(H,27,29)(H,28,30). The van der Waals surface area contributed by atoms with E-state index in [0.717, 1.165) is 5.56 Å². The van der Waals surface area contributed by atoms with E-state index in [1.807, 2.05) is 36.4 Å². The first kappa shape index (κ1) is 22.1. The van der Waals surface area contributed by atoms with Crippen molar-refractivity contribution in [3.63, 3.8) is 0 Å². The van der Waals surface area contributed by atoms with Crippen molar-refractivity contribution in [1.82, 2.24) is 0 Å². The Morgan fingerprint density at radius 1 is 0.839 bits per heavy atom. The Bertz CT molecular complexity index is 1020. The zero-order valence-electron chi connectivity index (χ0n) is 17.9. The van der Waals surface area contributed by atoms with Crippen molar-refractivity contribution in [3.8, 4) is 5.75 Å². The van der Waals surface area contributed by atoms with Gasteiger partial charge in [0, 0.05) is 17.8 Å². The number of aryl methyl sites for hydroxylation is 1. The van der Waals surface area contributed by atoms with Gasteiger partial charge in [-0.1, -0.05) is 62.4 Å². The highest BCUT2D eigenvalue weighted by atomic mass is 16.5. The molecule has 0 aliphatic rings. The van der Waals surface area contributed by atoms with Crippen LogP contribution < -0.4 is 15.4 Å². The predicted octanol–water partition coefficient (Wildman–Crippen LogP) is 5.55. The highest BCUT2D eigenvalue weighted by Crippen LogP contribution is 2.22. The van der Waals surface area contributed by atoms with Crippen LogP contribution in [0.1, 0.15) is 36.2 Å². The Kier molecular flexibility index (Phi) is 7.82. The van der Waals surface area contributed by atoms with Gasteiger partial charge in [-0.05, 0) is 48.2 Å². The van der Waals surface area contributed by atoms with Crippen molar-refractivity contribution in [2.24, 2.45) is 5.92 Å². The number of nitrogens with one attached hydrogen (secondary N) is 2. The van der Waals surface area contributed by atoms with E-state index in [9.17, 15) is 9.59 Å². The number of carbonyl (C=O) groups is 2. The van der Waals surface area contributed by atoms with Crippen LogP contribution in [0.25, 0.3) is 0 Å². The molecule has 3 aromatic carbocycles. The fourth-order valence-electron chi connectivity index (χ4n) is 3.04. The number of para-hydroxylation sites is 1. The third kappa shape index (κ3) is 7.00. The molecule has 5 heteroatoms. The van der Waals surface area contributed by atoms with Crippen LogP contribution in [0.4, 0.5) is 11.4 Å². The molecular formula is C26H28N2O3. The van der Waals surface area contributed by atoms with E-state index in [1.165, 1.54) is 0 Å². The second kappa shape index (κ2) is 11.0. The molecule has 160 valence electrons. The normalized spacial score (nSPS) is 10.5. The third-order valence-electron chi connectivity index (χ3n) is 4.59. The average molecular weight is 417 g/mol. The fourth-order valence-corrected chi connectivity index (χ4v) is 3.04. The molecule has 2 amide bonds. The minimum Gasteiger partial charge on any atom is -0.492 e. The molecule has 0 atom stereocenters. The van der Waals surface area contributed by atoms with Crippen molar-refractivity contribution in [3.05, 3.63) is 90.0 Å². The van der Waals surface area contributed by atoms with Crippen molar-refractivity contribution in [2.45, 2.75) is 26.7 Å². The van der Waals surface area contributed by atoms with Crippen LogP contribution in [0.2, 0.25) is 0 Å². The molecule has 0 saturated carbocycles. The Balaban J connectivity index is 1.60. The van der Waals surface area contributed by atoms with Gasteiger partial charge in [0.15, 0.2) is 0 Å². The predicted molar refractivity (Wildman–Crippen MR) is 125 cm³/mol. The van der Waals surface area contributed by atoms with Crippen molar-refractivity contribution < 1.29 is 14.3 Å². The highest BCUT2D eigenvalue weighted by molar-refractivity contribution is 6.06. The lowest BCUT2D eigenvalue weighted by Crippen LogP contribution is -2.16. The smallest absolute Gasteiger partial charge is 0.259 e. The first-order chi connectivity index (χ1) is 15.0. The van der Waals surface area contributed by atoms with Gasteiger partial charge < -0.3 is 15.4 Å². The summed E-state index contributed by atoms with van der Waals surface area (Å²) >= 11 is 0. The van der Waals surface area contributed by atoms with Gasteiger partial charge in [0.25, 0.3) is 5.91 Å². The number of benzene rings is 3. The molecule has 0 aliphatic carbocycles. The van der Waals surface area contributed by atoms with Crippen LogP contribution in [0, 0.1) is 5.92 Å². The van der Waals surface area contributed by atoms with Gasteiger partial charge in [-0.15, -0.1) is 0 Å². The van der Waals surface area contributed by atoms with Crippen LogP contribution in [-0.2, 0) is 11.2 Å². The summed E-state index contributed by atoms with van der Waals surface area (Å²) < 4.78 is 5.78. The fraction of sp³-hybridized carbons (Fsp3) is 0.231. The molecule has 0 aliphatic heterocycles. The summed E-state index contributed by atoms with van der Waals surface area (Å²) in [6.45, 7) is 4.65. The Labute approximate surface area is 183 Å². The summed E-state index contributed by atoms with van der Waals surface area (Å²) in [5.74, 6) is 0.587. The second-order valence-electron chi connectivity index (χ2n) is 7.77. The van der Waals surface area contributed by atoms with Gasteiger partial charge in [0.2, 0.25) is 5.91 Å². The van der Waals surface area contributed by atoms with Crippen LogP contribution in [-0.4, -0.2) is 18.4 Å². The average Bonchev–Trinajstić information content (AvgIpc) is 2.77. The van der Waals surface area contributed by atoms with E-state index in [1.54, 1.807) is 42.5 Å². The Morgan fingerprint density at radius 3 is 2.26 bits per heavy atom. The minimum absolute atomic E-state index is 0.0697. The molecule has 0 aromatic heterocycles. The maximum absolute atomic E-state index is 12.8. The molecule has 0 saturated heterocycles. The summed E-state index contributed by atoms with van der Waals surface area (Å²) in [6, 6.07) is 24.2. The minimum atomic E-state index is -0.257. The lowest BCUT2D eigenvalue weighted by Gasteiger charge is -2.13. The molecule has 0 spiro atoms. The maximum atomic E-state index is 12.8. The van der Waals surface area contributed by atoms with Gasteiger partial charge in [-0.2, -0.15) is 0 Å².